The van der Waals surface area contributed by atoms with E-state index in [1.807, 2.05) is 17.5 Å². The molecule has 0 aliphatic rings. The summed E-state index contributed by atoms with van der Waals surface area (Å²) >= 11 is 1.61. The van der Waals surface area contributed by atoms with E-state index in [0.717, 1.165) is 22.2 Å². The van der Waals surface area contributed by atoms with Crippen molar-refractivity contribution >= 4 is 31.7 Å². The SMILES string of the molecule is CS(=O)(=O)OCc1cc2sccc2[nH]1. The highest BCUT2D eigenvalue weighted by Gasteiger charge is 2.05. The molecule has 14 heavy (non-hydrogen) atoms. The van der Waals surface area contributed by atoms with Crippen LogP contribution in [0.2, 0.25) is 0 Å². The van der Waals surface area contributed by atoms with E-state index in [1.54, 1.807) is 11.3 Å². The number of H-pyrrole nitrogens is 1. The van der Waals surface area contributed by atoms with Crippen molar-refractivity contribution in [3.05, 3.63) is 23.2 Å². The molecule has 1 N–H and O–H groups in total. The van der Waals surface area contributed by atoms with E-state index in [0.29, 0.717) is 0 Å². The number of hydrogen-bond donors (Lipinski definition) is 1. The first kappa shape index (κ1) is 9.70. The molecule has 0 aliphatic heterocycles. The van der Waals surface area contributed by atoms with Crippen LogP contribution in [0.4, 0.5) is 0 Å². The highest BCUT2D eigenvalue weighted by molar-refractivity contribution is 7.85. The Kier molecular flexibility index (Phi) is 2.34. The second-order valence-electron chi connectivity index (χ2n) is 2.96. The molecule has 0 bridgehead atoms. The van der Waals surface area contributed by atoms with E-state index in [-0.39, 0.29) is 6.61 Å². The van der Waals surface area contributed by atoms with Gasteiger partial charge in [-0.15, -0.1) is 11.3 Å². The van der Waals surface area contributed by atoms with Gasteiger partial charge in [0.05, 0.1) is 16.5 Å². The molecule has 2 aromatic rings. The third kappa shape index (κ3) is 2.14. The molecule has 2 aromatic heterocycles. The van der Waals surface area contributed by atoms with Crippen LogP contribution < -0.4 is 0 Å². The monoisotopic (exact) mass is 231 g/mol. The molecule has 6 heteroatoms. The number of nitrogens with one attached hydrogen (secondary N) is 1. The Morgan fingerprint density at radius 1 is 1.57 bits per heavy atom. The van der Waals surface area contributed by atoms with Crippen molar-refractivity contribution in [3.8, 4) is 0 Å². The Bertz CT molecular complexity index is 509. The molecule has 0 unspecified atom stereocenters. The Morgan fingerprint density at radius 3 is 3.00 bits per heavy atom. The minimum atomic E-state index is -3.36. The van der Waals surface area contributed by atoms with Gasteiger partial charge in [-0.1, -0.05) is 0 Å². The van der Waals surface area contributed by atoms with Crippen LogP contribution in [0.5, 0.6) is 0 Å². The van der Waals surface area contributed by atoms with Crippen LogP contribution in [0.3, 0.4) is 0 Å². The van der Waals surface area contributed by atoms with Gasteiger partial charge in [-0.25, -0.2) is 0 Å². The van der Waals surface area contributed by atoms with E-state index in [1.165, 1.54) is 0 Å². The molecule has 0 saturated heterocycles. The summed E-state index contributed by atoms with van der Waals surface area (Å²) in [6.45, 7) is 0.0697. The summed E-state index contributed by atoms with van der Waals surface area (Å²) in [5.41, 5.74) is 1.79. The fraction of sp³-hybridized carbons (Fsp3) is 0.250. The number of thiophene rings is 1. The van der Waals surface area contributed by atoms with Gasteiger partial charge in [0.2, 0.25) is 0 Å². The lowest BCUT2D eigenvalue weighted by Gasteiger charge is -1.97. The zero-order valence-corrected chi connectivity index (χ0v) is 9.11. The van der Waals surface area contributed by atoms with Gasteiger partial charge in [-0.2, -0.15) is 8.42 Å². The largest absolute Gasteiger partial charge is 0.356 e. The fourth-order valence-electron chi connectivity index (χ4n) is 1.15. The maximum Gasteiger partial charge on any atom is 0.264 e. The summed E-state index contributed by atoms with van der Waals surface area (Å²) < 4.78 is 27.2. The Balaban J connectivity index is 2.16. The van der Waals surface area contributed by atoms with E-state index >= 15 is 0 Å². The highest BCUT2D eigenvalue weighted by Crippen LogP contribution is 2.21. The zero-order chi connectivity index (χ0) is 10.2. The third-order valence-electron chi connectivity index (χ3n) is 1.72. The van der Waals surface area contributed by atoms with Crippen LogP contribution in [-0.2, 0) is 20.9 Å². The molecule has 0 aromatic carbocycles. The molecule has 4 nitrogen and oxygen atoms in total. The first-order chi connectivity index (χ1) is 6.54. The maximum atomic E-state index is 10.7. The van der Waals surface area contributed by atoms with Gasteiger partial charge in [0.25, 0.3) is 10.1 Å². The number of hydrogen-bond acceptors (Lipinski definition) is 4. The zero-order valence-electron chi connectivity index (χ0n) is 7.48. The van der Waals surface area contributed by atoms with Gasteiger partial charge in [-0.3, -0.25) is 4.18 Å². The average molecular weight is 231 g/mol. The summed E-state index contributed by atoms with van der Waals surface area (Å²) in [4.78, 5) is 3.07. The van der Waals surface area contributed by atoms with Crippen molar-refractivity contribution in [3.63, 3.8) is 0 Å². The third-order valence-corrected chi connectivity index (χ3v) is 3.13. The van der Waals surface area contributed by atoms with E-state index in [9.17, 15) is 8.42 Å². The van der Waals surface area contributed by atoms with Crippen molar-refractivity contribution < 1.29 is 12.6 Å². The maximum absolute atomic E-state index is 10.7. The summed E-state index contributed by atoms with van der Waals surface area (Å²) in [5, 5.41) is 1.97. The molecule has 0 saturated carbocycles. The highest BCUT2D eigenvalue weighted by atomic mass is 32.2. The first-order valence-corrected chi connectivity index (χ1v) is 6.64. The normalized spacial score (nSPS) is 12.4. The lowest BCUT2D eigenvalue weighted by molar-refractivity contribution is 0.308. The molecule has 0 aliphatic carbocycles. The quantitative estimate of drug-likeness (QED) is 0.818. The second-order valence-corrected chi connectivity index (χ2v) is 5.55. The molecule has 0 atom stereocenters. The smallest absolute Gasteiger partial charge is 0.264 e. The number of rotatable bonds is 3. The molecule has 0 fully saturated rings. The van der Waals surface area contributed by atoms with Crippen LogP contribution in [0.25, 0.3) is 10.2 Å². The van der Waals surface area contributed by atoms with Gasteiger partial charge < -0.3 is 4.98 Å². The van der Waals surface area contributed by atoms with Crippen molar-refractivity contribution in [1.29, 1.82) is 0 Å². The van der Waals surface area contributed by atoms with E-state index in [2.05, 4.69) is 9.17 Å². The Labute approximate surface area is 85.6 Å². The minimum Gasteiger partial charge on any atom is -0.356 e. The predicted octanol–water partition coefficient (Wildman–Crippen LogP) is 1.71. The molecule has 2 heterocycles. The summed E-state index contributed by atoms with van der Waals surface area (Å²) in [6, 6.07) is 3.84. The van der Waals surface area contributed by atoms with E-state index < -0.39 is 10.1 Å². The van der Waals surface area contributed by atoms with Crippen LogP contribution in [-0.4, -0.2) is 19.7 Å². The first-order valence-electron chi connectivity index (χ1n) is 3.94. The van der Waals surface area contributed by atoms with E-state index in [4.69, 9.17) is 0 Å². The van der Waals surface area contributed by atoms with Gasteiger partial charge in [-0.05, 0) is 17.5 Å². The van der Waals surface area contributed by atoms with Gasteiger partial charge >= 0.3 is 0 Å². The van der Waals surface area contributed by atoms with Crippen LogP contribution in [0.15, 0.2) is 17.5 Å². The molecule has 0 radical (unpaired) electrons. The average Bonchev–Trinajstić information content (AvgIpc) is 2.56. The lowest BCUT2D eigenvalue weighted by atomic mass is 10.4. The van der Waals surface area contributed by atoms with Crippen LogP contribution in [0, 0.1) is 0 Å². The van der Waals surface area contributed by atoms with Gasteiger partial charge in [0.15, 0.2) is 0 Å². The van der Waals surface area contributed by atoms with Crippen LogP contribution >= 0.6 is 11.3 Å². The predicted molar refractivity (Wildman–Crippen MR) is 55.8 cm³/mol. The second kappa shape index (κ2) is 3.38. The number of fused-ring (bicyclic) bond motifs is 1. The van der Waals surface area contributed by atoms with Gasteiger partial charge in [0, 0.05) is 5.69 Å². The molecule has 76 valence electrons. The molecule has 0 amide bonds. The number of aromatic amines is 1. The topological polar surface area (TPSA) is 59.2 Å². The van der Waals surface area contributed by atoms with Crippen molar-refractivity contribution in [2.75, 3.05) is 6.26 Å². The van der Waals surface area contributed by atoms with Crippen molar-refractivity contribution in [2.45, 2.75) is 6.61 Å². The molecule has 2 rings (SSSR count). The number of aromatic nitrogens is 1. The summed E-state index contributed by atoms with van der Waals surface area (Å²) in [6.07, 6.45) is 1.04. The summed E-state index contributed by atoms with van der Waals surface area (Å²) in [7, 11) is -3.36. The molecular formula is C8H9NO3S2. The van der Waals surface area contributed by atoms with Crippen molar-refractivity contribution in [2.24, 2.45) is 0 Å². The Morgan fingerprint density at radius 2 is 2.36 bits per heavy atom. The minimum absolute atomic E-state index is 0.0697. The lowest BCUT2D eigenvalue weighted by Crippen LogP contribution is -2.02. The Hall–Kier alpha value is -0.850. The van der Waals surface area contributed by atoms with Crippen LogP contribution in [0.1, 0.15) is 5.69 Å². The fourth-order valence-corrected chi connectivity index (χ4v) is 2.30. The van der Waals surface area contributed by atoms with Gasteiger partial charge in [0.1, 0.15) is 6.61 Å². The standard InChI is InChI=1S/C8H9NO3S2/c1-14(10,11)12-5-6-4-8-7(9-6)2-3-13-8/h2-4,9H,5H2,1H3. The molecular weight excluding hydrogens is 222 g/mol. The summed E-state index contributed by atoms with van der Waals surface area (Å²) in [5.74, 6) is 0. The van der Waals surface area contributed by atoms with Crippen molar-refractivity contribution in [1.82, 2.24) is 4.98 Å². The molecule has 0 spiro atoms.